The van der Waals surface area contributed by atoms with Crippen LogP contribution >= 0.6 is 0 Å². The maximum atomic E-state index is 13.0. The lowest BCUT2D eigenvalue weighted by Crippen LogP contribution is -2.45. The van der Waals surface area contributed by atoms with Crippen molar-refractivity contribution >= 4 is 27.7 Å². The van der Waals surface area contributed by atoms with Crippen LogP contribution in [0.5, 0.6) is 0 Å². The first kappa shape index (κ1) is 18.9. The normalized spacial score (nSPS) is 28.3. The molecule has 8 nitrogen and oxygen atoms in total. The van der Waals surface area contributed by atoms with E-state index in [0.29, 0.717) is 12.0 Å². The molecule has 1 aromatic rings. The Morgan fingerprint density at radius 2 is 2.04 bits per heavy atom. The number of sulfone groups is 1. The highest BCUT2D eigenvalue weighted by Crippen LogP contribution is 2.32. The van der Waals surface area contributed by atoms with E-state index in [1.165, 1.54) is 11.1 Å². The molecular formula is C19H23N3O5S. The van der Waals surface area contributed by atoms with Crippen molar-refractivity contribution in [3.63, 3.8) is 0 Å². The topological polar surface area (TPSA) is 113 Å². The van der Waals surface area contributed by atoms with E-state index in [9.17, 15) is 22.8 Å². The number of carbonyl (C=O) groups is 3. The summed E-state index contributed by atoms with van der Waals surface area (Å²) in [6, 6.07) is 4.73. The van der Waals surface area contributed by atoms with Gasteiger partial charge in [-0.1, -0.05) is 18.2 Å². The summed E-state index contributed by atoms with van der Waals surface area (Å²) in [5.41, 5.74) is 1.95. The molecule has 2 fully saturated rings. The van der Waals surface area contributed by atoms with Gasteiger partial charge in [0.05, 0.1) is 11.5 Å². The molecule has 28 heavy (non-hydrogen) atoms. The highest BCUT2D eigenvalue weighted by molar-refractivity contribution is 7.91. The SMILES string of the molecule is C[C@@]1(c2ccc3c(c2)CCC3)NC(=O)N(CC(=O)N[C@H]2CCS(=O)(=O)C2)C1=O. The van der Waals surface area contributed by atoms with E-state index in [4.69, 9.17) is 0 Å². The van der Waals surface area contributed by atoms with Crippen LogP contribution in [0.4, 0.5) is 4.79 Å². The number of hydrogen-bond donors (Lipinski definition) is 2. The van der Waals surface area contributed by atoms with Gasteiger partial charge < -0.3 is 10.6 Å². The van der Waals surface area contributed by atoms with Crippen LogP contribution in [-0.2, 0) is 37.8 Å². The molecule has 1 aliphatic carbocycles. The molecule has 2 heterocycles. The molecule has 0 spiro atoms. The Morgan fingerprint density at radius 1 is 1.29 bits per heavy atom. The predicted octanol–water partition coefficient (Wildman–Crippen LogP) is 0.246. The summed E-state index contributed by atoms with van der Waals surface area (Å²) in [6.45, 7) is 1.22. The quantitative estimate of drug-likeness (QED) is 0.697. The van der Waals surface area contributed by atoms with Gasteiger partial charge in [-0.25, -0.2) is 13.2 Å². The molecule has 2 N–H and O–H groups in total. The molecule has 2 atom stereocenters. The lowest BCUT2D eigenvalue weighted by molar-refractivity contribution is -0.135. The second kappa shape index (κ2) is 6.58. The summed E-state index contributed by atoms with van der Waals surface area (Å²) in [4.78, 5) is 38.6. The molecule has 0 saturated carbocycles. The summed E-state index contributed by atoms with van der Waals surface area (Å²) >= 11 is 0. The summed E-state index contributed by atoms with van der Waals surface area (Å²) < 4.78 is 23.0. The van der Waals surface area contributed by atoms with Crippen LogP contribution < -0.4 is 10.6 Å². The van der Waals surface area contributed by atoms with Crippen LogP contribution in [0.25, 0.3) is 0 Å². The zero-order valence-electron chi connectivity index (χ0n) is 15.7. The number of carbonyl (C=O) groups excluding carboxylic acids is 3. The zero-order valence-corrected chi connectivity index (χ0v) is 16.5. The number of nitrogens with zero attached hydrogens (tertiary/aromatic N) is 1. The number of aryl methyl sites for hydroxylation is 2. The van der Waals surface area contributed by atoms with Crippen molar-refractivity contribution in [3.8, 4) is 0 Å². The first-order valence-electron chi connectivity index (χ1n) is 9.44. The molecule has 0 bridgehead atoms. The van der Waals surface area contributed by atoms with E-state index >= 15 is 0 Å². The Hall–Kier alpha value is -2.42. The van der Waals surface area contributed by atoms with E-state index in [0.717, 1.165) is 24.2 Å². The van der Waals surface area contributed by atoms with Crippen LogP contribution in [-0.4, -0.2) is 55.3 Å². The van der Waals surface area contributed by atoms with Crippen LogP contribution in [0.2, 0.25) is 0 Å². The fourth-order valence-corrected chi connectivity index (χ4v) is 5.92. The minimum Gasteiger partial charge on any atom is -0.351 e. The van der Waals surface area contributed by atoms with E-state index in [2.05, 4.69) is 10.6 Å². The Bertz CT molecular complexity index is 974. The van der Waals surface area contributed by atoms with E-state index in [1.807, 2.05) is 18.2 Å². The minimum atomic E-state index is -3.12. The van der Waals surface area contributed by atoms with Crippen molar-refractivity contribution in [2.24, 2.45) is 0 Å². The van der Waals surface area contributed by atoms with Gasteiger partial charge in [0.1, 0.15) is 12.1 Å². The number of fused-ring (bicyclic) bond motifs is 1. The first-order chi connectivity index (χ1) is 13.2. The number of amides is 4. The number of imide groups is 1. The molecular weight excluding hydrogens is 382 g/mol. The van der Waals surface area contributed by atoms with E-state index in [-0.39, 0.29) is 11.5 Å². The largest absolute Gasteiger partial charge is 0.351 e. The lowest BCUT2D eigenvalue weighted by Gasteiger charge is -2.23. The van der Waals surface area contributed by atoms with Crippen molar-refractivity contribution in [3.05, 3.63) is 34.9 Å². The monoisotopic (exact) mass is 405 g/mol. The van der Waals surface area contributed by atoms with Gasteiger partial charge in [-0.05, 0) is 49.3 Å². The standard InChI is InChI=1S/C19H23N3O5S/c1-19(14-6-5-12-3-2-4-13(12)9-14)17(24)22(18(25)21-19)10-16(23)20-15-7-8-28(26,27)11-15/h5-6,9,15H,2-4,7-8,10-11H2,1H3,(H,20,23)(H,21,25)/t15-,19-/m0/s1. The number of nitrogens with one attached hydrogen (secondary N) is 2. The Balaban J connectivity index is 1.47. The third-order valence-corrected chi connectivity index (χ3v) is 7.62. The zero-order chi connectivity index (χ0) is 20.1. The number of urea groups is 1. The van der Waals surface area contributed by atoms with Gasteiger partial charge in [-0.3, -0.25) is 14.5 Å². The molecule has 3 aliphatic rings. The second-order valence-corrected chi connectivity index (χ2v) is 10.2. The highest BCUT2D eigenvalue weighted by atomic mass is 32.2. The summed E-state index contributed by atoms with van der Waals surface area (Å²) in [5, 5.41) is 5.32. The van der Waals surface area contributed by atoms with Crippen LogP contribution in [0, 0.1) is 0 Å². The smallest absolute Gasteiger partial charge is 0.325 e. The summed E-state index contributed by atoms with van der Waals surface area (Å²) in [6.07, 6.45) is 3.41. The molecule has 0 unspecified atom stereocenters. The summed E-state index contributed by atoms with van der Waals surface area (Å²) in [5.74, 6) is -1.09. The van der Waals surface area contributed by atoms with Gasteiger partial charge in [0.15, 0.2) is 9.84 Å². The molecule has 4 amide bonds. The second-order valence-electron chi connectivity index (χ2n) is 7.95. The molecule has 1 aromatic carbocycles. The van der Waals surface area contributed by atoms with E-state index < -0.39 is 45.8 Å². The molecule has 0 radical (unpaired) electrons. The Kier molecular flexibility index (Phi) is 4.45. The molecule has 4 rings (SSSR count). The fraction of sp³-hybridized carbons (Fsp3) is 0.526. The highest BCUT2D eigenvalue weighted by Gasteiger charge is 2.49. The number of rotatable bonds is 4. The molecule has 0 aromatic heterocycles. The van der Waals surface area contributed by atoms with Crippen molar-refractivity contribution in [1.29, 1.82) is 0 Å². The van der Waals surface area contributed by atoms with Gasteiger partial charge in [0.2, 0.25) is 5.91 Å². The molecule has 2 saturated heterocycles. The van der Waals surface area contributed by atoms with Crippen LogP contribution in [0.1, 0.15) is 36.5 Å². The lowest BCUT2D eigenvalue weighted by atomic mass is 9.89. The van der Waals surface area contributed by atoms with Gasteiger partial charge in [0.25, 0.3) is 5.91 Å². The van der Waals surface area contributed by atoms with Crippen LogP contribution in [0.3, 0.4) is 0 Å². The van der Waals surface area contributed by atoms with Gasteiger partial charge in [-0.2, -0.15) is 0 Å². The van der Waals surface area contributed by atoms with Crippen molar-refractivity contribution in [2.45, 2.75) is 44.2 Å². The maximum absolute atomic E-state index is 13.0. The fourth-order valence-electron chi connectivity index (χ4n) is 4.24. The molecule has 9 heteroatoms. The molecule has 2 aliphatic heterocycles. The predicted molar refractivity (Wildman–Crippen MR) is 101 cm³/mol. The number of benzene rings is 1. The van der Waals surface area contributed by atoms with Gasteiger partial charge in [0, 0.05) is 6.04 Å². The molecule has 150 valence electrons. The maximum Gasteiger partial charge on any atom is 0.325 e. The average Bonchev–Trinajstić information content (AvgIpc) is 3.28. The van der Waals surface area contributed by atoms with Crippen LogP contribution in [0.15, 0.2) is 18.2 Å². The van der Waals surface area contributed by atoms with Gasteiger partial charge >= 0.3 is 6.03 Å². The van der Waals surface area contributed by atoms with Gasteiger partial charge in [-0.15, -0.1) is 0 Å². The Morgan fingerprint density at radius 3 is 2.75 bits per heavy atom. The van der Waals surface area contributed by atoms with Crippen molar-refractivity contribution in [1.82, 2.24) is 15.5 Å². The number of hydrogen-bond acceptors (Lipinski definition) is 5. The average molecular weight is 405 g/mol. The van der Waals surface area contributed by atoms with Crippen molar-refractivity contribution in [2.75, 3.05) is 18.1 Å². The minimum absolute atomic E-state index is 0.0392. The third kappa shape index (κ3) is 3.28. The van der Waals surface area contributed by atoms with E-state index in [1.54, 1.807) is 6.92 Å². The Labute approximate surface area is 163 Å². The third-order valence-electron chi connectivity index (χ3n) is 5.85. The first-order valence-corrected chi connectivity index (χ1v) is 11.3. The van der Waals surface area contributed by atoms with Crippen molar-refractivity contribution < 1.29 is 22.8 Å². The summed E-state index contributed by atoms with van der Waals surface area (Å²) in [7, 11) is -3.12.